The molecule has 8 heteroatoms. The van der Waals surface area contributed by atoms with E-state index in [0.29, 0.717) is 11.3 Å². The predicted octanol–water partition coefficient (Wildman–Crippen LogP) is 2.99. The number of benzene rings is 2. The van der Waals surface area contributed by atoms with Crippen molar-refractivity contribution in [1.82, 2.24) is 0 Å². The summed E-state index contributed by atoms with van der Waals surface area (Å²) in [7, 11) is 0. The highest BCUT2D eigenvalue weighted by Gasteiger charge is 2.11. The van der Waals surface area contributed by atoms with Gasteiger partial charge in [-0.1, -0.05) is 24.3 Å². The highest BCUT2D eigenvalue weighted by molar-refractivity contribution is 5.98. The van der Waals surface area contributed by atoms with E-state index in [0.717, 1.165) is 6.08 Å². The number of Topliss-reactive ketones (excluding diaryl/α,β-unsaturated/α-hetero) is 1. The molecule has 0 heterocycles. The maximum absolute atomic E-state index is 11.8. The Morgan fingerprint density at radius 2 is 1.89 bits per heavy atom. The van der Waals surface area contributed by atoms with Crippen molar-refractivity contribution in [2.75, 3.05) is 11.9 Å². The minimum Gasteiger partial charge on any atom is -0.452 e. The van der Waals surface area contributed by atoms with Gasteiger partial charge in [0.15, 0.2) is 12.4 Å². The zero-order valence-electron chi connectivity index (χ0n) is 14.4. The Labute approximate surface area is 154 Å². The van der Waals surface area contributed by atoms with Gasteiger partial charge >= 0.3 is 5.97 Å². The van der Waals surface area contributed by atoms with Crippen LogP contribution in [0.3, 0.4) is 0 Å². The summed E-state index contributed by atoms with van der Waals surface area (Å²) in [4.78, 5) is 45.2. The molecular formula is C19H16N2O6. The summed E-state index contributed by atoms with van der Waals surface area (Å²) in [6.45, 7) is 0.872. The average Bonchev–Trinajstić information content (AvgIpc) is 2.65. The molecule has 138 valence electrons. The fourth-order valence-corrected chi connectivity index (χ4v) is 2.15. The molecule has 0 atom stereocenters. The van der Waals surface area contributed by atoms with Crippen molar-refractivity contribution in [3.63, 3.8) is 0 Å². The van der Waals surface area contributed by atoms with Crippen LogP contribution in [0.2, 0.25) is 0 Å². The molecule has 0 aliphatic carbocycles. The Balaban J connectivity index is 1.90. The number of anilines is 1. The smallest absolute Gasteiger partial charge is 0.331 e. The van der Waals surface area contributed by atoms with Crippen LogP contribution in [-0.4, -0.2) is 29.2 Å². The molecule has 27 heavy (non-hydrogen) atoms. The second-order valence-corrected chi connectivity index (χ2v) is 5.44. The fraction of sp³-hybridized carbons (Fsp3) is 0.105. The molecule has 0 radical (unpaired) electrons. The number of rotatable bonds is 7. The lowest BCUT2D eigenvalue weighted by molar-refractivity contribution is -0.385. The van der Waals surface area contributed by atoms with Crippen molar-refractivity contribution < 1.29 is 24.0 Å². The topological polar surface area (TPSA) is 116 Å². The highest BCUT2D eigenvalue weighted by atomic mass is 16.6. The van der Waals surface area contributed by atoms with Gasteiger partial charge in [0, 0.05) is 23.4 Å². The van der Waals surface area contributed by atoms with E-state index in [4.69, 9.17) is 4.74 Å². The zero-order chi connectivity index (χ0) is 19.8. The lowest BCUT2D eigenvalue weighted by Gasteiger charge is -2.06. The lowest BCUT2D eigenvalue weighted by atomic mass is 10.1. The number of nitrogens with one attached hydrogen (secondary N) is 1. The maximum Gasteiger partial charge on any atom is 0.331 e. The Morgan fingerprint density at radius 3 is 2.59 bits per heavy atom. The Bertz CT molecular complexity index is 920. The van der Waals surface area contributed by atoms with Crippen molar-refractivity contribution in [1.29, 1.82) is 0 Å². The summed E-state index contributed by atoms with van der Waals surface area (Å²) >= 11 is 0. The van der Waals surface area contributed by atoms with Crippen LogP contribution in [0.4, 0.5) is 11.4 Å². The van der Waals surface area contributed by atoms with Gasteiger partial charge in [-0.2, -0.15) is 0 Å². The van der Waals surface area contributed by atoms with Gasteiger partial charge in [-0.15, -0.1) is 0 Å². The number of esters is 1. The van der Waals surface area contributed by atoms with E-state index in [1.165, 1.54) is 37.3 Å². The number of hydrogen-bond acceptors (Lipinski definition) is 6. The van der Waals surface area contributed by atoms with Crippen LogP contribution in [0.25, 0.3) is 6.08 Å². The average molecular weight is 368 g/mol. The summed E-state index contributed by atoms with van der Waals surface area (Å²) in [5, 5.41) is 13.4. The van der Waals surface area contributed by atoms with Crippen LogP contribution in [0.15, 0.2) is 54.6 Å². The molecule has 2 aromatic carbocycles. The SMILES string of the molecule is CC(=O)c1cccc(NC(=O)COC(=O)/C=C/c2ccccc2[N+](=O)[O-])c1. The molecule has 0 bridgehead atoms. The molecule has 0 aliphatic heterocycles. The molecule has 1 N–H and O–H groups in total. The van der Waals surface area contributed by atoms with E-state index in [1.54, 1.807) is 24.3 Å². The minimum atomic E-state index is -0.819. The number of amides is 1. The molecular weight excluding hydrogens is 352 g/mol. The van der Waals surface area contributed by atoms with E-state index in [-0.39, 0.29) is 17.0 Å². The molecule has 0 fully saturated rings. The van der Waals surface area contributed by atoms with Crippen molar-refractivity contribution in [3.8, 4) is 0 Å². The first-order valence-corrected chi connectivity index (χ1v) is 7.86. The molecule has 2 rings (SSSR count). The van der Waals surface area contributed by atoms with Crippen molar-refractivity contribution in [2.24, 2.45) is 0 Å². The lowest BCUT2D eigenvalue weighted by Crippen LogP contribution is -2.20. The third-order valence-corrected chi connectivity index (χ3v) is 3.43. The minimum absolute atomic E-state index is 0.141. The van der Waals surface area contributed by atoms with E-state index in [1.807, 2.05) is 0 Å². The van der Waals surface area contributed by atoms with Crippen LogP contribution in [0.1, 0.15) is 22.8 Å². The highest BCUT2D eigenvalue weighted by Crippen LogP contribution is 2.18. The Hall–Kier alpha value is -3.81. The number of nitro groups is 1. The second-order valence-electron chi connectivity index (χ2n) is 5.44. The number of hydrogen-bond donors (Lipinski definition) is 1. The molecule has 8 nitrogen and oxygen atoms in total. The normalized spacial score (nSPS) is 10.4. The standard InChI is InChI=1S/C19H16N2O6/c1-13(22)15-6-4-7-16(11-15)20-18(23)12-27-19(24)10-9-14-5-2-3-8-17(14)21(25)26/h2-11H,12H2,1H3,(H,20,23)/b10-9+. The summed E-state index contributed by atoms with van der Waals surface area (Å²) < 4.78 is 4.80. The first-order valence-electron chi connectivity index (χ1n) is 7.86. The van der Waals surface area contributed by atoms with Crippen molar-refractivity contribution in [2.45, 2.75) is 6.92 Å². The third kappa shape index (κ3) is 5.89. The van der Waals surface area contributed by atoms with Gasteiger partial charge in [0.2, 0.25) is 0 Å². The second kappa shape index (κ2) is 9.04. The number of carbonyl (C=O) groups is 3. The van der Waals surface area contributed by atoms with E-state index in [9.17, 15) is 24.5 Å². The van der Waals surface area contributed by atoms with Crippen LogP contribution >= 0.6 is 0 Å². The number of ketones is 1. The Kier molecular flexibility index (Phi) is 6.54. The molecule has 0 saturated carbocycles. The molecule has 0 aliphatic rings. The quantitative estimate of drug-likeness (QED) is 0.264. The van der Waals surface area contributed by atoms with Gasteiger partial charge in [0.05, 0.1) is 10.5 Å². The molecule has 2 aromatic rings. The number of para-hydroxylation sites is 1. The van der Waals surface area contributed by atoms with Gasteiger partial charge in [-0.25, -0.2) is 4.79 Å². The molecule has 0 aromatic heterocycles. The molecule has 0 unspecified atom stereocenters. The summed E-state index contributed by atoms with van der Waals surface area (Å²) in [6, 6.07) is 12.3. The number of nitro benzene ring substituents is 1. The van der Waals surface area contributed by atoms with Crippen molar-refractivity contribution >= 4 is 35.1 Å². The van der Waals surface area contributed by atoms with Gasteiger partial charge in [-0.3, -0.25) is 19.7 Å². The zero-order valence-corrected chi connectivity index (χ0v) is 14.4. The van der Waals surface area contributed by atoms with Crippen LogP contribution in [0, 0.1) is 10.1 Å². The van der Waals surface area contributed by atoms with Crippen LogP contribution in [0.5, 0.6) is 0 Å². The first kappa shape index (κ1) is 19.5. The van der Waals surface area contributed by atoms with Gasteiger partial charge < -0.3 is 10.1 Å². The van der Waals surface area contributed by atoms with E-state index >= 15 is 0 Å². The third-order valence-electron chi connectivity index (χ3n) is 3.43. The fourth-order valence-electron chi connectivity index (χ4n) is 2.15. The maximum atomic E-state index is 11.8. The van der Waals surface area contributed by atoms with Crippen molar-refractivity contribution in [3.05, 3.63) is 75.8 Å². The van der Waals surface area contributed by atoms with Gasteiger partial charge in [-0.05, 0) is 31.2 Å². The van der Waals surface area contributed by atoms with E-state index in [2.05, 4.69) is 5.32 Å². The summed E-state index contributed by atoms with van der Waals surface area (Å²) in [5.41, 5.74) is 0.936. The molecule has 0 saturated heterocycles. The predicted molar refractivity (Wildman–Crippen MR) is 98.2 cm³/mol. The first-order chi connectivity index (χ1) is 12.9. The molecule has 0 spiro atoms. The van der Waals surface area contributed by atoms with Crippen LogP contribution in [-0.2, 0) is 14.3 Å². The summed E-state index contributed by atoms with van der Waals surface area (Å²) in [5.74, 6) is -1.54. The van der Waals surface area contributed by atoms with Gasteiger partial charge in [0.25, 0.3) is 11.6 Å². The Morgan fingerprint density at radius 1 is 1.15 bits per heavy atom. The number of carbonyl (C=O) groups excluding carboxylic acids is 3. The number of ether oxygens (including phenoxy) is 1. The van der Waals surface area contributed by atoms with E-state index < -0.39 is 23.4 Å². The number of nitrogens with zero attached hydrogens (tertiary/aromatic N) is 1. The van der Waals surface area contributed by atoms with Gasteiger partial charge in [0.1, 0.15) is 0 Å². The monoisotopic (exact) mass is 368 g/mol. The van der Waals surface area contributed by atoms with Crippen LogP contribution < -0.4 is 5.32 Å². The summed E-state index contributed by atoms with van der Waals surface area (Å²) in [6.07, 6.45) is 2.25. The largest absolute Gasteiger partial charge is 0.452 e. The molecule has 1 amide bonds.